The minimum atomic E-state index is -3.71. The highest BCUT2D eigenvalue weighted by molar-refractivity contribution is 7.91. The number of benzodiazepines with no additional fused rings is 1. The SMILES string of the molecule is CCS(=O)(=O)c1ccc(-c2n[nH]c(OCC(C)(C)C)c2C(=O)N[C@H]2N=C(c3ccccc3)c3cccc(F)c3NC2=O)c(F)c1. The van der Waals surface area contributed by atoms with Crippen molar-refractivity contribution in [1.29, 1.82) is 0 Å². The fourth-order valence-electron chi connectivity index (χ4n) is 4.59. The van der Waals surface area contributed by atoms with Crippen molar-refractivity contribution in [1.82, 2.24) is 15.5 Å². The van der Waals surface area contributed by atoms with Gasteiger partial charge < -0.3 is 15.4 Å². The monoisotopic (exact) mass is 635 g/mol. The van der Waals surface area contributed by atoms with Crippen molar-refractivity contribution in [2.75, 3.05) is 17.7 Å². The van der Waals surface area contributed by atoms with Crippen molar-refractivity contribution in [2.45, 2.75) is 38.8 Å². The van der Waals surface area contributed by atoms with Crippen molar-refractivity contribution >= 4 is 33.1 Å². The third-order valence-electron chi connectivity index (χ3n) is 6.88. The van der Waals surface area contributed by atoms with E-state index in [2.05, 4.69) is 25.8 Å². The average Bonchev–Trinajstić information content (AvgIpc) is 3.37. The van der Waals surface area contributed by atoms with Gasteiger partial charge in [0.1, 0.15) is 22.9 Å². The number of H-pyrrole nitrogens is 1. The van der Waals surface area contributed by atoms with E-state index in [1.165, 1.54) is 31.2 Å². The molecular formula is C32H31F2N5O5S. The van der Waals surface area contributed by atoms with Crippen molar-refractivity contribution in [3.8, 4) is 17.1 Å². The smallest absolute Gasteiger partial charge is 0.269 e. The Bertz CT molecular complexity index is 1920. The molecule has 1 atom stereocenters. The second-order valence-corrected chi connectivity index (χ2v) is 13.8. The Morgan fingerprint density at radius 2 is 1.73 bits per heavy atom. The zero-order valence-corrected chi connectivity index (χ0v) is 25.8. The first kappa shape index (κ1) is 31.5. The number of anilines is 1. The Balaban J connectivity index is 1.58. The second-order valence-electron chi connectivity index (χ2n) is 11.5. The lowest BCUT2D eigenvalue weighted by atomic mass is 9.99. The summed E-state index contributed by atoms with van der Waals surface area (Å²) in [5.41, 5.74) is 0.119. The van der Waals surface area contributed by atoms with Crippen LogP contribution in [0.2, 0.25) is 0 Å². The minimum Gasteiger partial charge on any atom is -0.477 e. The summed E-state index contributed by atoms with van der Waals surface area (Å²) in [4.78, 5) is 31.6. The molecule has 3 N–H and O–H groups in total. The Kier molecular flexibility index (Phi) is 8.57. The summed E-state index contributed by atoms with van der Waals surface area (Å²) in [7, 11) is -3.71. The number of rotatable bonds is 8. The first-order valence-electron chi connectivity index (χ1n) is 14.1. The first-order chi connectivity index (χ1) is 21.3. The van der Waals surface area contributed by atoms with E-state index in [4.69, 9.17) is 4.74 Å². The molecule has 4 aromatic rings. The highest BCUT2D eigenvalue weighted by Gasteiger charge is 2.33. The number of nitrogens with zero attached hydrogens (tertiary/aromatic N) is 2. The standard InChI is InChI=1S/C32H31F2N5O5S/c1-5-45(42,43)19-14-15-20(23(34)16-19)27-24(31(39-38-27)44-17-32(2,3)4)29(40)37-28-30(41)36-26-21(12-9-13-22(26)33)25(35-28)18-10-7-6-8-11-18/h6-16,28H,5,17H2,1-4H3,(H,36,41)(H,37,40)(H,38,39)/t28-/m1/s1. The quantitative estimate of drug-likeness (QED) is 0.245. The van der Waals surface area contributed by atoms with Crippen LogP contribution in [0.1, 0.15) is 49.2 Å². The maximum absolute atomic E-state index is 15.4. The van der Waals surface area contributed by atoms with Crippen LogP contribution in [0.25, 0.3) is 11.3 Å². The van der Waals surface area contributed by atoms with Crippen LogP contribution in [0.4, 0.5) is 14.5 Å². The third-order valence-corrected chi connectivity index (χ3v) is 8.62. The number of sulfone groups is 1. The van der Waals surface area contributed by atoms with Gasteiger partial charge in [0.05, 0.1) is 28.7 Å². The number of para-hydroxylation sites is 1. The number of hydrogen-bond donors (Lipinski definition) is 3. The highest BCUT2D eigenvalue weighted by atomic mass is 32.2. The fraction of sp³-hybridized carbons (Fsp3) is 0.250. The van der Waals surface area contributed by atoms with Gasteiger partial charge in [0, 0.05) is 16.7 Å². The molecule has 2 amide bonds. The van der Waals surface area contributed by atoms with E-state index >= 15 is 4.39 Å². The van der Waals surface area contributed by atoms with E-state index in [0.29, 0.717) is 11.1 Å². The number of aromatic amines is 1. The van der Waals surface area contributed by atoms with Crippen LogP contribution in [0, 0.1) is 17.0 Å². The van der Waals surface area contributed by atoms with Crippen LogP contribution in [-0.4, -0.2) is 54.7 Å². The molecule has 0 fully saturated rings. The number of halogens is 2. The molecule has 0 bridgehead atoms. The number of benzene rings is 3. The van der Waals surface area contributed by atoms with Gasteiger partial charge in [0.15, 0.2) is 9.84 Å². The van der Waals surface area contributed by atoms with Crippen molar-refractivity contribution < 1.29 is 31.5 Å². The van der Waals surface area contributed by atoms with Crippen molar-refractivity contribution in [2.24, 2.45) is 10.4 Å². The predicted octanol–water partition coefficient (Wildman–Crippen LogP) is 5.12. The first-order valence-corrected chi connectivity index (χ1v) is 15.7. The molecule has 0 saturated carbocycles. The molecule has 5 rings (SSSR count). The van der Waals surface area contributed by atoms with Crippen LogP contribution in [0.5, 0.6) is 5.88 Å². The molecule has 3 aromatic carbocycles. The Morgan fingerprint density at radius 1 is 1.00 bits per heavy atom. The number of hydrogen-bond acceptors (Lipinski definition) is 7. The molecule has 1 aliphatic rings. The number of aliphatic imine (C=N–C) groups is 1. The van der Waals surface area contributed by atoms with Gasteiger partial charge in [-0.15, -0.1) is 0 Å². The van der Waals surface area contributed by atoms with Gasteiger partial charge in [-0.25, -0.2) is 27.3 Å². The van der Waals surface area contributed by atoms with Crippen molar-refractivity contribution in [3.05, 3.63) is 95.1 Å². The summed E-state index contributed by atoms with van der Waals surface area (Å²) < 4.78 is 60.9. The van der Waals surface area contributed by atoms with Gasteiger partial charge in [0.2, 0.25) is 12.0 Å². The van der Waals surface area contributed by atoms with E-state index in [0.717, 1.165) is 6.07 Å². The molecule has 1 aromatic heterocycles. The van der Waals surface area contributed by atoms with Crippen LogP contribution < -0.4 is 15.4 Å². The number of amides is 2. The van der Waals surface area contributed by atoms with E-state index in [9.17, 15) is 22.4 Å². The summed E-state index contributed by atoms with van der Waals surface area (Å²) in [6, 6.07) is 16.4. The minimum absolute atomic E-state index is 0.0933. The van der Waals surface area contributed by atoms with Gasteiger partial charge in [0.25, 0.3) is 11.8 Å². The molecule has 0 saturated heterocycles. The highest BCUT2D eigenvalue weighted by Crippen LogP contribution is 2.33. The molecule has 1 aliphatic heterocycles. The van der Waals surface area contributed by atoms with E-state index < -0.39 is 39.5 Å². The Morgan fingerprint density at radius 3 is 2.40 bits per heavy atom. The van der Waals surface area contributed by atoms with Gasteiger partial charge >= 0.3 is 0 Å². The largest absolute Gasteiger partial charge is 0.477 e. The fourth-order valence-corrected chi connectivity index (χ4v) is 5.48. The number of aromatic nitrogens is 2. The predicted molar refractivity (Wildman–Crippen MR) is 165 cm³/mol. The average molecular weight is 636 g/mol. The summed E-state index contributed by atoms with van der Waals surface area (Å²) in [5, 5.41) is 11.8. The maximum Gasteiger partial charge on any atom is 0.269 e. The van der Waals surface area contributed by atoms with Crippen LogP contribution in [0.3, 0.4) is 0 Å². The lowest BCUT2D eigenvalue weighted by Gasteiger charge is -2.19. The topological polar surface area (TPSA) is 143 Å². The molecule has 0 radical (unpaired) electrons. The molecule has 13 heteroatoms. The lowest BCUT2D eigenvalue weighted by molar-refractivity contribution is -0.117. The van der Waals surface area contributed by atoms with Gasteiger partial charge in [-0.2, -0.15) is 5.10 Å². The second kappa shape index (κ2) is 12.2. The van der Waals surface area contributed by atoms with Crippen LogP contribution in [0.15, 0.2) is 76.6 Å². The Hall–Kier alpha value is -4.91. The summed E-state index contributed by atoms with van der Waals surface area (Å²) in [6.07, 6.45) is -1.54. The van der Waals surface area contributed by atoms with Crippen molar-refractivity contribution in [3.63, 3.8) is 0 Å². The van der Waals surface area contributed by atoms with E-state index in [-0.39, 0.29) is 56.8 Å². The number of nitrogens with one attached hydrogen (secondary N) is 3. The van der Waals surface area contributed by atoms with Gasteiger partial charge in [-0.05, 0) is 29.7 Å². The third kappa shape index (κ3) is 6.63. The van der Waals surface area contributed by atoms with Gasteiger partial charge in [-0.1, -0.05) is 70.2 Å². The molecule has 0 unspecified atom stereocenters. The van der Waals surface area contributed by atoms with Crippen LogP contribution >= 0.6 is 0 Å². The number of ether oxygens (including phenoxy) is 1. The summed E-state index contributed by atoms with van der Waals surface area (Å²) in [5.74, 6) is -3.66. The number of fused-ring (bicyclic) bond motifs is 1. The molecular weight excluding hydrogens is 604 g/mol. The van der Waals surface area contributed by atoms with Crippen LogP contribution in [-0.2, 0) is 14.6 Å². The van der Waals surface area contributed by atoms with E-state index in [1.807, 2.05) is 20.8 Å². The van der Waals surface area contributed by atoms with E-state index in [1.54, 1.807) is 36.4 Å². The zero-order chi connectivity index (χ0) is 32.5. The zero-order valence-electron chi connectivity index (χ0n) is 24.9. The molecule has 0 aliphatic carbocycles. The summed E-state index contributed by atoms with van der Waals surface area (Å²) >= 11 is 0. The molecule has 234 valence electrons. The maximum atomic E-state index is 15.4. The molecule has 45 heavy (non-hydrogen) atoms. The number of carbonyl (C=O) groups is 2. The van der Waals surface area contributed by atoms with Gasteiger partial charge in [-0.3, -0.25) is 9.59 Å². The molecule has 2 heterocycles. The summed E-state index contributed by atoms with van der Waals surface area (Å²) in [6.45, 7) is 7.30. The number of carbonyl (C=O) groups excluding carboxylic acids is 2. The normalized spacial score (nSPS) is 15.0. The Labute approximate surface area is 258 Å². The molecule has 0 spiro atoms. The lowest BCUT2D eigenvalue weighted by Crippen LogP contribution is -2.42. The molecule has 10 nitrogen and oxygen atoms in total.